The first-order valence-corrected chi connectivity index (χ1v) is 10.2. The fourth-order valence-electron chi connectivity index (χ4n) is 3.74. The van der Waals surface area contributed by atoms with E-state index in [4.69, 9.17) is 16.1 Å². The Hall–Kier alpha value is -3.39. The predicted molar refractivity (Wildman–Crippen MR) is 117 cm³/mol. The summed E-state index contributed by atoms with van der Waals surface area (Å²) in [5.74, 6) is 0.258. The van der Waals surface area contributed by atoms with Gasteiger partial charge in [-0.05, 0) is 25.1 Å². The Bertz CT molecular complexity index is 1150. The molecule has 9 heteroatoms. The summed E-state index contributed by atoms with van der Waals surface area (Å²) < 4.78 is 6.05. The monoisotopic (exact) mass is 441 g/mol. The minimum absolute atomic E-state index is 0.0384. The van der Waals surface area contributed by atoms with Gasteiger partial charge in [-0.3, -0.25) is 4.79 Å². The van der Waals surface area contributed by atoms with Crippen LogP contribution < -0.4 is 4.90 Å². The van der Waals surface area contributed by atoms with Gasteiger partial charge in [-0.25, -0.2) is 0 Å². The summed E-state index contributed by atoms with van der Waals surface area (Å²) in [5, 5.41) is 14.7. The molecule has 1 N–H and O–H groups in total. The van der Waals surface area contributed by atoms with Gasteiger partial charge in [0.1, 0.15) is 22.8 Å². The number of carbonyl (C=O) groups is 1. The summed E-state index contributed by atoms with van der Waals surface area (Å²) in [4.78, 5) is 28.6. The molecule has 0 radical (unpaired) electrons. The number of hydrogen-bond acceptors (Lipinski definition) is 6. The average molecular weight is 442 g/mol. The number of aromatic hydroxyl groups is 1. The fraction of sp³-hybridized carbons (Fsp3) is 0.273. The third-order valence-corrected chi connectivity index (χ3v) is 5.74. The number of hydrogen-bond donors (Lipinski definition) is 1. The smallest absolute Gasteiger partial charge is 0.259 e. The second kappa shape index (κ2) is 8.39. The summed E-state index contributed by atoms with van der Waals surface area (Å²) in [5.41, 5.74) is 2.47. The van der Waals surface area contributed by atoms with Gasteiger partial charge < -0.3 is 19.4 Å². The Morgan fingerprint density at radius 2 is 1.87 bits per heavy atom. The van der Waals surface area contributed by atoms with Crippen LogP contribution in [-0.4, -0.2) is 59.1 Å². The number of amides is 1. The lowest BCUT2D eigenvalue weighted by Crippen LogP contribution is -2.49. The number of benzene rings is 2. The van der Waals surface area contributed by atoms with Crippen LogP contribution >= 0.6 is 11.6 Å². The minimum Gasteiger partial charge on any atom is -0.507 e. The molecular formula is C22H22ClN4O4+. The quantitative estimate of drug-likeness (QED) is 0.615. The van der Waals surface area contributed by atoms with Gasteiger partial charge in [-0.2, -0.15) is 0 Å². The standard InChI is InChI=1S/C22H21ClN4O4/c1-14-20(21(24-31-14)16-5-3-4-6-19(16)28)22(29)27-11-9-26(10-12-27)18-8-7-15(25(2)30)13-17(18)23/h3-8,13H,9-12H2,1-2H3/p+1. The second-order valence-electron chi connectivity index (χ2n) is 7.39. The van der Waals surface area contributed by atoms with Gasteiger partial charge in [0, 0.05) is 53.5 Å². The van der Waals surface area contributed by atoms with Crippen molar-refractivity contribution < 1.29 is 19.2 Å². The molecule has 8 nitrogen and oxygen atoms in total. The molecule has 1 saturated heterocycles. The molecule has 160 valence electrons. The first-order valence-electron chi connectivity index (χ1n) is 9.86. The molecule has 31 heavy (non-hydrogen) atoms. The molecule has 0 bridgehead atoms. The Morgan fingerprint density at radius 1 is 1.16 bits per heavy atom. The summed E-state index contributed by atoms with van der Waals surface area (Å²) in [7, 11) is 1.42. The van der Waals surface area contributed by atoms with Crippen LogP contribution in [0.3, 0.4) is 0 Å². The summed E-state index contributed by atoms with van der Waals surface area (Å²) in [6.45, 7) is 3.85. The number of anilines is 1. The van der Waals surface area contributed by atoms with E-state index in [-0.39, 0.29) is 11.7 Å². The lowest BCUT2D eigenvalue weighted by molar-refractivity contribution is -0.428. The molecule has 1 aromatic heterocycles. The summed E-state index contributed by atoms with van der Waals surface area (Å²) >= 11 is 6.38. The molecule has 0 spiro atoms. The minimum atomic E-state index is -0.189. The first-order chi connectivity index (χ1) is 14.9. The van der Waals surface area contributed by atoms with Crippen molar-refractivity contribution in [3.05, 3.63) is 63.7 Å². The van der Waals surface area contributed by atoms with Crippen LogP contribution in [-0.2, 0) is 0 Å². The zero-order chi connectivity index (χ0) is 22.1. The van der Waals surface area contributed by atoms with Crippen molar-refractivity contribution in [1.82, 2.24) is 10.1 Å². The van der Waals surface area contributed by atoms with Crippen LogP contribution in [0.1, 0.15) is 16.1 Å². The number of phenols is 1. The maximum Gasteiger partial charge on any atom is 0.259 e. The molecule has 0 unspecified atom stereocenters. The van der Waals surface area contributed by atoms with Crippen LogP contribution in [0.2, 0.25) is 5.02 Å². The molecule has 1 amide bonds. The van der Waals surface area contributed by atoms with Crippen LogP contribution in [0.25, 0.3) is 11.3 Å². The Kier molecular flexibility index (Phi) is 5.65. The summed E-state index contributed by atoms with van der Waals surface area (Å²) in [6.07, 6.45) is 0. The number of aromatic nitrogens is 1. The molecule has 1 fully saturated rings. The third kappa shape index (κ3) is 3.98. The van der Waals surface area contributed by atoms with E-state index in [0.717, 1.165) is 10.4 Å². The molecule has 0 atom stereocenters. The van der Waals surface area contributed by atoms with E-state index in [1.54, 1.807) is 48.2 Å². The number of para-hydroxylation sites is 1. The van der Waals surface area contributed by atoms with Gasteiger partial charge in [0.05, 0.1) is 10.7 Å². The van der Waals surface area contributed by atoms with Crippen LogP contribution in [0.15, 0.2) is 47.0 Å². The number of carbonyl (C=O) groups excluding carboxylic acids is 1. The van der Waals surface area contributed by atoms with Crippen molar-refractivity contribution in [2.45, 2.75) is 6.92 Å². The van der Waals surface area contributed by atoms with Gasteiger partial charge >= 0.3 is 0 Å². The maximum absolute atomic E-state index is 13.3. The van der Waals surface area contributed by atoms with Crippen molar-refractivity contribution in [1.29, 1.82) is 0 Å². The Labute approximate surface area is 184 Å². The van der Waals surface area contributed by atoms with Crippen molar-refractivity contribution in [3.63, 3.8) is 0 Å². The van der Waals surface area contributed by atoms with E-state index < -0.39 is 0 Å². The van der Waals surface area contributed by atoms with Gasteiger partial charge in [0.2, 0.25) is 0 Å². The fourth-order valence-corrected chi connectivity index (χ4v) is 4.03. The number of nitrogens with zero attached hydrogens (tertiary/aromatic N) is 4. The maximum atomic E-state index is 13.3. The Balaban J connectivity index is 1.52. The van der Waals surface area contributed by atoms with Gasteiger partial charge in [0.25, 0.3) is 11.6 Å². The van der Waals surface area contributed by atoms with E-state index >= 15 is 0 Å². The number of nitroso groups, excluding NO2 is 1. The van der Waals surface area contributed by atoms with Crippen LogP contribution in [0, 0.1) is 11.8 Å². The molecule has 3 aromatic rings. The number of halogens is 1. The second-order valence-corrected chi connectivity index (χ2v) is 7.80. The highest BCUT2D eigenvalue weighted by Crippen LogP contribution is 2.34. The van der Waals surface area contributed by atoms with E-state index in [0.29, 0.717) is 59.5 Å². The van der Waals surface area contributed by atoms with Crippen molar-refractivity contribution in [2.75, 3.05) is 38.1 Å². The van der Waals surface area contributed by atoms with Crippen molar-refractivity contribution >= 4 is 28.9 Å². The molecule has 0 saturated carbocycles. The highest BCUT2D eigenvalue weighted by molar-refractivity contribution is 6.33. The highest BCUT2D eigenvalue weighted by atomic mass is 35.5. The van der Waals surface area contributed by atoms with Crippen LogP contribution in [0.4, 0.5) is 11.4 Å². The zero-order valence-electron chi connectivity index (χ0n) is 17.2. The topological polar surface area (TPSA) is 89.9 Å². The lowest BCUT2D eigenvalue weighted by Gasteiger charge is -2.36. The van der Waals surface area contributed by atoms with E-state index in [9.17, 15) is 14.8 Å². The number of aryl methyl sites for hydroxylation is 1. The van der Waals surface area contributed by atoms with E-state index in [1.165, 1.54) is 7.05 Å². The zero-order valence-corrected chi connectivity index (χ0v) is 18.0. The van der Waals surface area contributed by atoms with E-state index in [2.05, 4.69) is 10.1 Å². The van der Waals surface area contributed by atoms with E-state index in [1.807, 2.05) is 6.07 Å². The van der Waals surface area contributed by atoms with Gasteiger partial charge in [0.15, 0.2) is 7.05 Å². The number of phenolic OH excluding ortho intramolecular Hbond substituents is 1. The molecule has 0 aliphatic carbocycles. The predicted octanol–water partition coefficient (Wildman–Crippen LogP) is 4.01. The number of piperazine rings is 1. The van der Waals surface area contributed by atoms with Crippen molar-refractivity contribution in [2.24, 2.45) is 0 Å². The molecule has 2 aromatic carbocycles. The summed E-state index contributed by atoms with van der Waals surface area (Å²) in [6, 6.07) is 11.9. The first kappa shape index (κ1) is 20.9. The van der Waals surface area contributed by atoms with Gasteiger partial charge in [-0.1, -0.05) is 28.9 Å². The largest absolute Gasteiger partial charge is 0.507 e. The molecular weight excluding hydrogens is 420 g/mol. The molecule has 2 heterocycles. The Morgan fingerprint density at radius 3 is 2.52 bits per heavy atom. The molecule has 4 rings (SSSR count). The third-order valence-electron chi connectivity index (χ3n) is 5.44. The van der Waals surface area contributed by atoms with Gasteiger partial charge in [-0.15, -0.1) is 0 Å². The molecule has 1 aliphatic heterocycles. The van der Waals surface area contributed by atoms with Crippen LogP contribution in [0.5, 0.6) is 5.75 Å². The average Bonchev–Trinajstić information content (AvgIpc) is 3.14. The molecule has 1 aliphatic rings. The van der Waals surface area contributed by atoms with Crippen molar-refractivity contribution in [3.8, 4) is 17.0 Å². The number of rotatable bonds is 4. The SMILES string of the molecule is Cc1onc(-c2ccccc2O)c1C(=O)N1CCN(c2ccc([N+](C)=O)cc2Cl)CC1. The highest BCUT2D eigenvalue weighted by Gasteiger charge is 2.30. The lowest BCUT2D eigenvalue weighted by atomic mass is 10.0. The normalized spacial score (nSPS) is 14.0.